The molecule has 1 fully saturated rings. The van der Waals surface area contributed by atoms with Crippen LogP contribution < -0.4 is 5.32 Å². The van der Waals surface area contributed by atoms with E-state index in [1.807, 2.05) is 26.0 Å². The summed E-state index contributed by atoms with van der Waals surface area (Å²) in [6.07, 6.45) is 1.79. The molecule has 0 spiro atoms. The Morgan fingerprint density at radius 1 is 1.15 bits per heavy atom. The summed E-state index contributed by atoms with van der Waals surface area (Å²) in [5.41, 5.74) is 3.37. The van der Waals surface area contributed by atoms with Crippen molar-refractivity contribution in [1.82, 2.24) is 14.9 Å². The molecular weight excluding hydrogens is 352 g/mol. The van der Waals surface area contributed by atoms with Crippen molar-refractivity contribution < 1.29 is 13.2 Å². The lowest BCUT2D eigenvalue weighted by Crippen LogP contribution is -2.38. The van der Waals surface area contributed by atoms with Crippen LogP contribution in [0.15, 0.2) is 30.6 Å². The van der Waals surface area contributed by atoms with E-state index in [0.717, 1.165) is 16.8 Å². The predicted molar refractivity (Wildman–Crippen MR) is 100 cm³/mol. The van der Waals surface area contributed by atoms with E-state index in [1.54, 1.807) is 13.1 Å². The Morgan fingerprint density at radius 2 is 1.85 bits per heavy atom. The smallest absolute Gasteiger partial charge is 0.272 e. The van der Waals surface area contributed by atoms with Crippen molar-refractivity contribution in [2.75, 3.05) is 23.9 Å². The molecule has 0 saturated carbocycles. The van der Waals surface area contributed by atoms with Gasteiger partial charge in [-0.3, -0.25) is 4.79 Å². The first-order valence-corrected chi connectivity index (χ1v) is 10.2. The van der Waals surface area contributed by atoms with E-state index in [-0.39, 0.29) is 29.1 Å². The van der Waals surface area contributed by atoms with Gasteiger partial charge in [0.1, 0.15) is 17.8 Å². The molecule has 1 unspecified atom stereocenters. The molecule has 1 amide bonds. The first kappa shape index (κ1) is 18.3. The number of hydrogen-bond donors (Lipinski definition) is 1. The van der Waals surface area contributed by atoms with Crippen molar-refractivity contribution in [3.05, 3.63) is 47.4 Å². The van der Waals surface area contributed by atoms with Crippen molar-refractivity contribution >= 4 is 27.2 Å². The predicted octanol–water partition coefficient (Wildman–Crippen LogP) is 2.10. The number of anilines is 2. The monoisotopic (exact) mass is 374 g/mol. The maximum atomic E-state index is 12.7. The summed E-state index contributed by atoms with van der Waals surface area (Å²) in [6.45, 7) is 4.02. The van der Waals surface area contributed by atoms with E-state index < -0.39 is 9.84 Å². The molecule has 7 nitrogen and oxygen atoms in total. The minimum atomic E-state index is -3.05. The van der Waals surface area contributed by atoms with Gasteiger partial charge >= 0.3 is 0 Å². The number of sulfone groups is 1. The van der Waals surface area contributed by atoms with Crippen LogP contribution in [-0.4, -0.2) is 53.8 Å². The summed E-state index contributed by atoms with van der Waals surface area (Å²) in [5, 5.41) is 3.18. The average molecular weight is 374 g/mol. The topological polar surface area (TPSA) is 92.3 Å². The number of nitrogens with zero attached hydrogens (tertiary/aromatic N) is 3. The summed E-state index contributed by atoms with van der Waals surface area (Å²) >= 11 is 0. The molecule has 1 aliphatic rings. The molecule has 1 atom stereocenters. The molecule has 26 heavy (non-hydrogen) atoms. The van der Waals surface area contributed by atoms with Crippen LogP contribution in [0.4, 0.5) is 11.5 Å². The van der Waals surface area contributed by atoms with Gasteiger partial charge in [-0.05, 0) is 43.5 Å². The van der Waals surface area contributed by atoms with Crippen LogP contribution >= 0.6 is 0 Å². The molecule has 1 aromatic carbocycles. The summed E-state index contributed by atoms with van der Waals surface area (Å²) in [5.74, 6) is 0.339. The lowest BCUT2D eigenvalue weighted by molar-refractivity contribution is 0.0741. The molecule has 0 aliphatic carbocycles. The maximum absolute atomic E-state index is 12.7. The molecule has 3 rings (SSSR count). The number of rotatable bonds is 4. The number of nitrogens with one attached hydrogen (secondary N) is 1. The van der Waals surface area contributed by atoms with Gasteiger partial charge in [0.25, 0.3) is 5.91 Å². The van der Waals surface area contributed by atoms with Crippen LogP contribution in [0, 0.1) is 13.8 Å². The lowest BCUT2D eigenvalue weighted by atomic mass is 10.1. The van der Waals surface area contributed by atoms with E-state index in [2.05, 4.69) is 21.4 Å². The minimum Gasteiger partial charge on any atom is -0.340 e. The quantitative estimate of drug-likeness (QED) is 0.881. The van der Waals surface area contributed by atoms with Crippen molar-refractivity contribution in [1.29, 1.82) is 0 Å². The molecule has 138 valence electrons. The second-order valence-electron chi connectivity index (χ2n) is 6.76. The zero-order valence-corrected chi connectivity index (χ0v) is 15.9. The number of carbonyl (C=O) groups excluding carboxylic acids is 1. The molecule has 1 saturated heterocycles. The van der Waals surface area contributed by atoms with Gasteiger partial charge in [0.05, 0.1) is 11.5 Å². The Balaban J connectivity index is 1.77. The minimum absolute atomic E-state index is 0.00794. The van der Waals surface area contributed by atoms with Gasteiger partial charge < -0.3 is 10.2 Å². The number of aromatic nitrogens is 2. The van der Waals surface area contributed by atoms with Gasteiger partial charge in [-0.1, -0.05) is 6.07 Å². The van der Waals surface area contributed by atoms with Crippen LogP contribution in [0.1, 0.15) is 28.0 Å². The zero-order chi connectivity index (χ0) is 18.9. The highest BCUT2D eigenvalue weighted by Crippen LogP contribution is 2.21. The second-order valence-corrected chi connectivity index (χ2v) is 8.99. The molecule has 2 heterocycles. The maximum Gasteiger partial charge on any atom is 0.272 e. The number of carbonyl (C=O) groups is 1. The number of hydrogen-bond acceptors (Lipinski definition) is 6. The van der Waals surface area contributed by atoms with E-state index in [9.17, 15) is 13.2 Å². The second kappa shape index (κ2) is 7.03. The highest BCUT2D eigenvalue weighted by atomic mass is 32.2. The summed E-state index contributed by atoms with van der Waals surface area (Å²) in [6, 6.07) is 7.33. The Hall–Kier alpha value is -2.48. The van der Waals surface area contributed by atoms with E-state index in [4.69, 9.17) is 0 Å². The van der Waals surface area contributed by atoms with Gasteiger partial charge in [0.15, 0.2) is 9.84 Å². The number of amides is 1. The zero-order valence-electron chi connectivity index (χ0n) is 15.1. The molecular formula is C18H22N4O3S. The highest BCUT2D eigenvalue weighted by molar-refractivity contribution is 7.91. The average Bonchev–Trinajstić information content (AvgIpc) is 2.93. The third-order valence-corrected chi connectivity index (χ3v) is 6.21. The first-order valence-electron chi connectivity index (χ1n) is 8.38. The fourth-order valence-corrected chi connectivity index (χ4v) is 4.94. The highest BCUT2D eigenvalue weighted by Gasteiger charge is 2.33. The molecule has 0 radical (unpaired) electrons. The van der Waals surface area contributed by atoms with Crippen LogP contribution in [-0.2, 0) is 9.84 Å². The van der Waals surface area contributed by atoms with Crippen molar-refractivity contribution in [3.63, 3.8) is 0 Å². The van der Waals surface area contributed by atoms with Gasteiger partial charge in [-0.15, -0.1) is 0 Å². The third kappa shape index (κ3) is 4.19. The number of benzene rings is 1. The fourth-order valence-electron chi connectivity index (χ4n) is 3.16. The van der Waals surface area contributed by atoms with E-state index in [0.29, 0.717) is 12.2 Å². The Kier molecular flexibility index (Phi) is 4.95. The molecule has 1 aliphatic heterocycles. The molecule has 1 aromatic heterocycles. The van der Waals surface area contributed by atoms with Crippen molar-refractivity contribution in [2.24, 2.45) is 0 Å². The van der Waals surface area contributed by atoms with E-state index in [1.165, 1.54) is 11.2 Å². The molecule has 1 N–H and O–H groups in total. The van der Waals surface area contributed by atoms with Gasteiger partial charge in [-0.2, -0.15) is 0 Å². The standard InChI is InChI=1S/C18H22N4O3S/c1-12-6-13(2)8-14(7-12)21-17-9-16(19-11-20-17)18(23)22(3)15-4-5-26(24,25)10-15/h6-9,11,15H,4-5,10H2,1-3H3,(H,19,20,21). The Labute approximate surface area is 153 Å². The normalized spacial score (nSPS) is 18.5. The van der Waals surface area contributed by atoms with E-state index >= 15 is 0 Å². The largest absolute Gasteiger partial charge is 0.340 e. The molecule has 2 aromatic rings. The van der Waals surface area contributed by atoms with Crippen LogP contribution in [0.3, 0.4) is 0 Å². The van der Waals surface area contributed by atoms with Gasteiger partial charge in [-0.25, -0.2) is 18.4 Å². The third-order valence-electron chi connectivity index (χ3n) is 4.46. The summed E-state index contributed by atoms with van der Waals surface area (Å²) in [7, 11) is -1.43. The van der Waals surface area contributed by atoms with Crippen molar-refractivity contribution in [2.45, 2.75) is 26.3 Å². The van der Waals surface area contributed by atoms with Crippen LogP contribution in [0.25, 0.3) is 0 Å². The number of aryl methyl sites for hydroxylation is 2. The summed E-state index contributed by atoms with van der Waals surface area (Å²) < 4.78 is 23.3. The Morgan fingerprint density at radius 3 is 2.46 bits per heavy atom. The SMILES string of the molecule is Cc1cc(C)cc(Nc2cc(C(=O)N(C)C3CCS(=O)(=O)C3)ncn2)c1. The van der Waals surface area contributed by atoms with Crippen molar-refractivity contribution in [3.8, 4) is 0 Å². The fraction of sp³-hybridized carbons (Fsp3) is 0.389. The lowest BCUT2D eigenvalue weighted by Gasteiger charge is -2.23. The van der Waals surface area contributed by atoms with Crippen LogP contribution in [0.2, 0.25) is 0 Å². The van der Waals surface area contributed by atoms with Crippen LogP contribution in [0.5, 0.6) is 0 Å². The van der Waals surface area contributed by atoms with Gasteiger partial charge in [0.2, 0.25) is 0 Å². The first-order chi connectivity index (χ1) is 12.2. The molecule has 8 heteroatoms. The summed E-state index contributed by atoms with van der Waals surface area (Å²) in [4.78, 5) is 22.4. The Bertz CT molecular complexity index is 923. The van der Waals surface area contributed by atoms with Gasteiger partial charge in [0, 0.05) is 24.8 Å². The molecule has 0 bridgehead atoms.